The van der Waals surface area contributed by atoms with Gasteiger partial charge in [0.25, 0.3) is 0 Å². The molecule has 2 heteroatoms. The molecule has 0 saturated heterocycles. The maximum atomic E-state index is 6.12. The van der Waals surface area contributed by atoms with Crippen molar-refractivity contribution in [2.24, 2.45) is 0 Å². The molecule has 2 unspecified atom stereocenters. The van der Waals surface area contributed by atoms with Gasteiger partial charge in [0.1, 0.15) is 11.3 Å². The minimum atomic E-state index is 0.587. The van der Waals surface area contributed by atoms with Crippen molar-refractivity contribution in [2.75, 3.05) is 0 Å². The molecule has 0 spiro atoms. The van der Waals surface area contributed by atoms with Crippen LogP contribution >= 0.6 is 15.9 Å². The zero-order valence-corrected chi connectivity index (χ0v) is 12.4. The fourth-order valence-corrected chi connectivity index (χ4v) is 3.76. The third-order valence-electron chi connectivity index (χ3n) is 4.02. The van der Waals surface area contributed by atoms with Gasteiger partial charge in [-0.1, -0.05) is 47.0 Å². The molecule has 1 heterocycles. The van der Waals surface area contributed by atoms with Crippen molar-refractivity contribution in [2.45, 2.75) is 49.8 Å². The summed E-state index contributed by atoms with van der Waals surface area (Å²) in [5.74, 6) is 1.77. The molecule has 1 aliphatic carbocycles. The van der Waals surface area contributed by atoms with Gasteiger partial charge in [0.2, 0.25) is 0 Å². The number of hydrogen-bond acceptors (Lipinski definition) is 1. The van der Waals surface area contributed by atoms with Crippen molar-refractivity contribution >= 4 is 26.9 Å². The zero-order chi connectivity index (χ0) is 12.5. The Morgan fingerprint density at radius 1 is 1.22 bits per heavy atom. The average Bonchev–Trinajstić information content (AvgIpc) is 2.67. The van der Waals surface area contributed by atoms with E-state index in [-0.39, 0.29) is 0 Å². The molecule has 18 heavy (non-hydrogen) atoms. The van der Waals surface area contributed by atoms with E-state index < -0.39 is 0 Å². The van der Waals surface area contributed by atoms with Crippen molar-refractivity contribution in [3.63, 3.8) is 0 Å². The molecule has 1 aromatic heterocycles. The van der Waals surface area contributed by atoms with Crippen LogP contribution < -0.4 is 0 Å². The molecule has 1 aliphatic rings. The standard InChI is InChI=1S/C16H19BrO/c1-11-5-4-7-13-10-15(18-16(11)13)12-6-2-3-8-14(17)9-12/h4-5,7,10,12,14H,2-3,6,8-9H2,1H3. The number of rotatable bonds is 1. The van der Waals surface area contributed by atoms with Crippen LogP contribution in [-0.4, -0.2) is 4.83 Å². The summed E-state index contributed by atoms with van der Waals surface area (Å²) in [5.41, 5.74) is 2.31. The van der Waals surface area contributed by atoms with E-state index in [0.29, 0.717) is 10.7 Å². The van der Waals surface area contributed by atoms with Crippen molar-refractivity contribution in [3.8, 4) is 0 Å². The number of alkyl halides is 1. The van der Waals surface area contributed by atoms with Crippen LogP contribution in [0.4, 0.5) is 0 Å². The summed E-state index contributed by atoms with van der Waals surface area (Å²) in [6.07, 6.45) is 6.43. The highest BCUT2D eigenvalue weighted by molar-refractivity contribution is 9.09. The molecule has 0 N–H and O–H groups in total. The van der Waals surface area contributed by atoms with Crippen LogP contribution in [0, 0.1) is 6.92 Å². The maximum Gasteiger partial charge on any atom is 0.137 e. The van der Waals surface area contributed by atoms with Crippen LogP contribution in [0.15, 0.2) is 28.7 Å². The lowest BCUT2D eigenvalue weighted by molar-refractivity contribution is 0.458. The first kappa shape index (κ1) is 12.3. The minimum Gasteiger partial charge on any atom is -0.461 e. The SMILES string of the molecule is Cc1cccc2cc(C3CCCCC(Br)C3)oc12. The number of halogens is 1. The van der Waals surface area contributed by atoms with Crippen LogP contribution in [0.1, 0.15) is 49.3 Å². The Bertz CT molecular complexity index is 543. The van der Waals surface area contributed by atoms with Crippen molar-refractivity contribution in [1.82, 2.24) is 0 Å². The van der Waals surface area contributed by atoms with Crippen LogP contribution in [0.5, 0.6) is 0 Å². The Morgan fingerprint density at radius 3 is 2.89 bits per heavy atom. The lowest BCUT2D eigenvalue weighted by Gasteiger charge is -2.13. The van der Waals surface area contributed by atoms with Crippen molar-refractivity contribution < 1.29 is 4.42 Å². The first-order valence-corrected chi connectivity index (χ1v) is 7.79. The number of furan rings is 1. The second-order valence-electron chi connectivity index (χ2n) is 5.46. The van der Waals surface area contributed by atoms with Gasteiger partial charge in [0.05, 0.1) is 0 Å². The monoisotopic (exact) mass is 306 g/mol. The van der Waals surface area contributed by atoms with Crippen LogP contribution in [-0.2, 0) is 0 Å². The number of hydrogen-bond donors (Lipinski definition) is 0. The van der Waals surface area contributed by atoms with E-state index in [9.17, 15) is 0 Å². The predicted octanol–water partition coefficient (Wildman–Crippen LogP) is 5.55. The van der Waals surface area contributed by atoms with Gasteiger partial charge in [-0.3, -0.25) is 0 Å². The fraction of sp³-hybridized carbons (Fsp3) is 0.500. The minimum absolute atomic E-state index is 0.587. The zero-order valence-electron chi connectivity index (χ0n) is 10.8. The molecule has 0 radical (unpaired) electrons. The molecule has 1 nitrogen and oxygen atoms in total. The lowest BCUT2D eigenvalue weighted by atomic mass is 9.97. The summed E-state index contributed by atoms with van der Waals surface area (Å²) < 4.78 is 6.12. The van der Waals surface area contributed by atoms with Crippen molar-refractivity contribution in [1.29, 1.82) is 0 Å². The molecule has 3 rings (SSSR count). The smallest absolute Gasteiger partial charge is 0.137 e. The van der Waals surface area contributed by atoms with Gasteiger partial charge < -0.3 is 4.42 Å². The molecule has 1 fully saturated rings. The van der Waals surface area contributed by atoms with Gasteiger partial charge in [-0.05, 0) is 37.8 Å². The first-order chi connectivity index (χ1) is 8.74. The Balaban J connectivity index is 1.95. The normalized spacial score (nSPS) is 25.2. The fourth-order valence-electron chi connectivity index (χ4n) is 2.99. The third-order valence-corrected chi connectivity index (χ3v) is 4.85. The van der Waals surface area contributed by atoms with E-state index in [0.717, 1.165) is 5.58 Å². The molecule has 2 atom stereocenters. The van der Waals surface area contributed by atoms with Crippen LogP contribution in [0.2, 0.25) is 0 Å². The molecular formula is C16H19BrO. The van der Waals surface area contributed by atoms with E-state index in [4.69, 9.17) is 4.42 Å². The molecule has 0 bridgehead atoms. The second kappa shape index (κ2) is 5.08. The summed E-state index contributed by atoms with van der Waals surface area (Å²) in [7, 11) is 0. The number of aryl methyl sites for hydroxylation is 1. The van der Waals surface area contributed by atoms with Gasteiger partial charge in [0, 0.05) is 16.1 Å². The summed E-state index contributed by atoms with van der Waals surface area (Å²) in [6.45, 7) is 2.12. The highest BCUT2D eigenvalue weighted by Crippen LogP contribution is 2.37. The molecule has 1 aromatic carbocycles. The highest BCUT2D eigenvalue weighted by Gasteiger charge is 2.22. The Morgan fingerprint density at radius 2 is 2.06 bits per heavy atom. The second-order valence-corrected chi connectivity index (χ2v) is 6.75. The van der Waals surface area contributed by atoms with E-state index in [2.05, 4.69) is 47.1 Å². The van der Waals surface area contributed by atoms with Crippen molar-refractivity contribution in [3.05, 3.63) is 35.6 Å². The molecule has 1 saturated carbocycles. The van der Waals surface area contributed by atoms with Gasteiger partial charge >= 0.3 is 0 Å². The van der Waals surface area contributed by atoms with E-state index >= 15 is 0 Å². The molecule has 2 aromatic rings. The van der Waals surface area contributed by atoms with E-state index in [1.165, 1.54) is 48.8 Å². The summed E-state index contributed by atoms with van der Waals surface area (Å²) >= 11 is 3.79. The van der Waals surface area contributed by atoms with Gasteiger partial charge in [-0.25, -0.2) is 0 Å². The van der Waals surface area contributed by atoms with Gasteiger partial charge in [-0.15, -0.1) is 0 Å². The summed E-state index contributed by atoms with van der Waals surface area (Å²) in [6, 6.07) is 8.63. The molecule has 96 valence electrons. The molecular weight excluding hydrogens is 288 g/mol. The molecule has 0 aliphatic heterocycles. The summed E-state index contributed by atoms with van der Waals surface area (Å²) in [4.78, 5) is 0.652. The topological polar surface area (TPSA) is 13.1 Å². The van der Waals surface area contributed by atoms with E-state index in [1.807, 2.05) is 0 Å². The summed E-state index contributed by atoms with van der Waals surface area (Å²) in [5, 5.41) is 1.25. The number of para-hydroxylation sites is 1. The Labute approximate surface area is 117 Å². The number of benzene rings is 1. The number of fused-ring (bicyclic) bond motifs is 1. The highest BCUT2D eigenvalue weighted by atomic mass is 79.9. The molecule has 0 amide bonds. The first-order valence-electron chi connectivity index (χ1n) is 6.87. The lowest BCUT2D eigenvalue weighted by Crippen LogP contribution is -2.02. The van der Waals surface area contributed by atoms with Crippen LogP contribution in [0.25, 0.3) is 11.0 Å². The van der Waals surface area contributed by atoms with Crippen LogP contribution in [0.3, 0.4) is 0 Å². The van der Waals surface area contributed by atoms with Gasteiger partial charge in [0.15, 0.2) is 0 Å². The maximum absolute atomic E-state index is 6.12. The van der Waals surface area contributed by atoms with Gasteiger partial charge in [-0.2, -0.15) is 0 Å². The Kier molecular flexibility index (Phi) is 3.47. The quantitative estimate of drug-likeness (QED) is 0.497. The largest absolute Gasteiger partial charge is 0.461 e. The third kappa shape index (κ3) is 2.35. The average molecular weight is 307 g/mol. The predicted molar refractivity (Wildman–Crippen MR) is 79.5 cm³/mol. The Hall–Kier alpha value is -0.760. The van der Waals surface area contributed by atoms with E-state index in [1.54, 1.807) is 0 Å².